The smallest absolute Gasteiger partial charge is 0.216 e. The van der Waals surface area contributed by atoms with Crippen molar-refractivity contribution in [1.29, 1.82) is 0 Å². The number of rotatable bonds is 3. The first kappa shape index (κ1) is 16.7. The minimum atomic E-state index is 0.167. The minimum absolute atomic E-state index is 0.167. The normalized spacial score (nSPS) is 23.9. The molecule has 2 aliphatic rings. The molecule has 0 atom stereocenters. The minimum Gasteiger partial charge on any atom is -0.323 e. The van der Waals surface area contributed by atoms with Gasteiger partial charge in [-0.3, -0.25) is 0 Å². The second kappa shape index (κ2) is 7.18. The molecule has 5 heteroatoms. The molecule has 0 bridgehead atoms. The van der Waals surface area contributed by atoms with Crippen LogP contribution >= 0.6 is 0 Å². The highest BCUT2D eigenvalue weighted by molar-refractivity contribution is 6.09. The van der Waals surface area contributed by atoms with Gasteiger partial charge in [0.15, 0.2) is 0 Å². The summed E-state index contributed by atoms with van der Waals surface area (Å²) in [5, 5.41) is 9.62. The average Bonchev–Trinajstić information content (AvgIpc) is 2.61. The zero-order chi connectivity index (χ0) is 17.0. The highest BCUT2D eigenvalue weighted by Gasteiger charge is 2.34. The Morgan fingerprint density at radius 1 is 1.21 bits per heavy atom. The molecule has 1 saturated carbocycles. The lowest BCUT2D eigenvalue weighted by Crippen LogP contribution is -2.50. The van der Waals surface area contributed by atoms with Crippen molar-refractivity contribution in [2.24, 2.45) is 10.1 Å². The predicted molar refractivity (Wildman–Crippen MR) is 101 cm³/mol. The van der Waals surface area contributed by atoms with E-state index in [0.717, 1.165) is 22.7 Å². The number of nitrogens with one attached hydrogen (secondary N) is 2. The number of aliphatic imine (C=N–C) groups is 1. The molecule has 1 aliphatic carbocycles. The van der Waals surface area contributed by atoms with Gasteiger partial charge in [-0.15, -0.1) is 0 Å². The monoisotopic (exact) mass is 325 g/mol. The van der Waals surface area contributed by atoms with Gasteiger partial charge in [0.25, 0.3) is 0 Å². The first-order chi connectivity index (χ1) is 11.6. The van der Waals surface area contributed by atoms with Crippen molar-refractivity contribution in [1.82, 2.24) is 15.6 Å². The lowest BCUT2D eigenvalue weighted by molar-refractivity contribution is 0.109. The maximum atomic E-state index is 4.80. The van der Waals surface area contributed by atoms with E-state index in [1.807, 2.05) is 24.3 Å². The van der Waals surface area contributed by atoms with Crippen molar-refractivity contribution in [2.75, 3.05) is 20.6 Å². The number of hydrazone groups is 1. The summed E-state index contributed by atoms with van der Waals surface area (Å²) in [5.74, 6) is 0.711. The molecular formula is C19H27N5. The Kier molecular flexibility index (Phi) is 5.00. The van der Waals surface area contributed by atoms with Crippen LogP contribution < -0.4 is 21.2 Å². The summed E-state index contributed by atoms with van der Waals surface area (Å²) in [7, 11) is 4.34. The van der Waals surface area contributed by atoms with Gasteiger partial charge in [0.1, 0.15) is 0 Å². The molecule has 2 N–H and O–H groups in total. The number of likely N-dealkylation sites (N-methyl/N-ethyl adjacent to an activating group) is 1. The number of guanidine groups is 1. The zero-order valence-electron chi connectivity index (χ0n) is 14.7. The van der Waals surface area contributed by atoms with Gasteiger partial charge >= 0.3 is 0 Å². The largest absolute Gasteiger partial charge is 0.323 e. The molecular weight excluding hydrogens is 298 g/mol. The van der Waals surface area contributed by atoms with Gasteiger partial charge in [-0.2, -0.15) is 5.10 Å². The van der Waals surface area contributed by atoms with Crippen LogP contribution in [0.4, 0.5) is 0 Å². The molecule has 0 radical (unpaired) electrons. The van der Waals surface area contributed by atoms with Crippen LogP contribution in [0, 0.1) is 0 Å². The van der Waals surface area contributed by atoms with Crippen LogP contribution in [0.1, 0.15) is 32.1 Å². The Balaban J connectivity index is 1.82. The van der Waals surface area contributed by atoms with Crippen LogP contribution in [0.2, 0.25) is 0 Å². The van der Waals surface area contributed by atoms with Crippen molar-refractivity contribution in [2.45, 2.75) is 37.6 Å². The molecule has 3 rings (SSSR count). The van der Waals surface area contributed by atoms with Crippen LogP contribution in [-0.2, 0) is 0 Å². The summed E-state index contributed by atoms with van der Waals surface area (Å²) >= 11 is 0. The Bertz CT molecular complexity index is 741. The van der Waals surface area contributed by atoms with E-state index in [1.165, 1.54) is 32.1 Å². The highest BCUT2D eigenvalue weighted by Crippen LogP contribution is 2.32. The van der Waals surface area contributed by atoms with E-state index in [4.69, 9.17) is 4.99 Å². The van der Waals surface area contributed by atoms with Gasteiger partial charge in [-0.05, 0) is 32.2 Å². The molecule has 0 amide bonds. The first-order valence-corrected chi connectivity index (χ1v) is 8.67. The Morgan fingerprint density at radius 3 is 2.67 bits per heavy atom. The highest BCUT2D eigenvalue weighted by atomic mass is 15.4. The van der Waals surface area contributed by atoms with Gasteiger partial charge in [-0.1, -0.05) is 50.1 Å². The lowest BCUT2D eigenvalue weighted by Gasteiger charge is -2.42. The summed E-state index contributed by atoms with van der Waals surface area (Å²) in [6.07, 6.45) is 8.11. The van der Waals surface area contributed by atoms with E-state index in [-0.39, 0.29) is 5.54 Å². The van der Waals surface area contributed by atoms with E-state index in [9.17, 15) is 0 Å². The van der Waals surface area contributed by atoms with E-state index in [1.54, 1.807) is 6.21 Å². The maximum absolute atomic E-state index is 4.80. The lowest BCUT2D eigenvalue weighted by atomic mass is 9.81. The van der Waals surface area contributed by atoms with Crippen LogP contribution in [0.3, 0.4) is 0 Å². The van der Waals surface area contributed by atoms with Crippen LogP contribution in [0.25, 0.3) is 12.3 Å². The molecule has 0 aromatic heterocycles. The molecule has 1 aliphatic heterocycles. The topological polar surface area (TPSA) is 52.0 Å². The molecule has 1 aromatic rings. The molecule has 0 spiro atoms. The quantitative estimate of drug-likeness (QED) is 0.872. The van der Waals surface area contributed by atoms with Gasteiger partial charge in [0.05, 0.1) is 18.5 Å². The van der Waals surface area contributed by atoms with E-state index >= 15 is 0 Å². The maximum Gasteiger partial charge on any atom is 0.216 e. The summed E-state index contributed by atoms with van der Waals surface area (Å²) < 4.78 is 0. The fourth-order valence-electron chi connectivity index (χ4n) is 3.52. The summed E-state index contributed by atoms with van der Waals surface area (Å²) in [6.45, 7) is 4.87. The molecule has 0 unspecified atom stereocenters. The Morgan fingerprint density at radius 2 is 1.96 bits per heavy atom. The molecule has 5 nitrogen and oxygen atoms in total. The average molecular weight is 325 g/mol. The third-order valence-corrected chi connectivity index (χ3v) is 5.19. The second-order valence-electron chi connectivity index (χ2n) is 6.91. The third kappa shape index (κ3) is 3.51. The fourth-order valence-corrected chi connectivity index (χ4v) is 3.52. The SMILES string of the molecule is C=c1ccccc1=C1C=NNC(=NCC2(N(C)C)CCCCC2)N1. The Labute approximate surface area is 143 Å². The summed E-state index contributed by atoms with van der Waals surface area (Å²) in [4.78, 5) is 7.15. The molecule has 1 fully saturated rings. The summed E-state index contributed by atoms with van der Waals surface area (Å²) in [5.41, 5.74) is 4.08. The summed E-state index contributed by atoms with van der Waals surface area (Å²) in [6, 6.07) is 8.04. The van der Waals surface area contributed by atoms with Gasteiger partial charge in [-0.25, -0.2) is 10.4 Å². The number of nitrogens with zero attached hydrogens (tertiary/aromatic N) is 3. The van der Waals surface area contributed by atoms with Gasteiger partial charge in [0.2, 0.25) is 5.96 Å². The number of benzene rings is 1. The number of hydrogen-bond acceptors (Lipinski definition) is 3. The second-order valence-corrected chi connectivity index (χ2v) is 6.91. The number of hydrogen-bond donors (Lipinski definition) is 2. The molecule has 128 valence electrons. The van der Waals surface area contributed by atoms with E-state index < -0.39 is 0 Å². The van der Waals surface area contributed by atoms with Crippen molar-refractivity contribution in [3.8, 4) is 0 Å². The molecule has 24 heavy (non-hydrogen) atoms. The van der Waals surface area contributed by atoms with Crippen LogP contribution in [0.15, 0.2) is 34.4 Å². The van der Waals surface area contributed by atoms with Crippen molar-refractivity contribution in [3.63, 3.8) is 0 Å². The van der Waals surface area contributed by atoms with Crippen molar-refractivity contribution < 1.29 is 0 Å². The van der Waals surface area contributed by atoms with Gasteiger partial charge in [0, 0.05) is 10.8 Å². The molecule has 1 aromatic carbocycles. The first-order valence-electron chi connectivity index (χ1n) is 8.67. The molecule has 1 heterocycles. The van der Waals surface area contributed by atoms with Gasteiger partial charge < -0.3 is 10.2 Å². The van der Waals surface area contributed by atoms with Crippen LogP contribution in [0.5, 0.6) is 0 Å². The molecule has 0 saturated heterocycles. The predicted octanol–water partition coefficient (Wildman–Crippen LogP) is 1.00. The van der Waals surface area contributed by atoms with Crippen LogP contribution in [-0.4, -0.2) is 43.3 Å². The van der Waals surface area contributed by atoms with Crippen molar-refractivity contribution >= 4 is 24.5 Å². The Hall–Kier alpha value is -2.14. The van der Waals surface area contributed by atoms with Crippen molar-refractivity contribution in [3.05, 3.63) is 34.7 Å². The third-order valence-electron chi connectivity index (χ3n) is 5.19. The van der Waals surface area contributed by atoms with E-state index in [2.05, 4.69) is 41.4 Å². The fraction of sp³-hybridized carbons (Fsp3) is 0.474. The zero-order valence-corrected chi connectivity index (χ0v) is 14.7. The standard InChI is InChI=1S/C19H27N5/c1-15-9-5-6-10-16(15)17-13-21-23-18(22-17)20-14-19(24(2)3)11-7-4-8-12-19/h5-6,9-10,13H,1,4,7-8,11-12,14H2,2-3H3,(H2,20,22,23). The van der Waals surface area contributed by atoms with E-state index in [0.29, 0.717) is 5.96 Å².